The van der Waals surface area contributed by atoms with Gasteiger partial charge in [-0.1, -0.05) is 13.0 Å². The molecule has 0 radical (unpaired) electrons. The third-order valence-electron chi connectivity index (χ3n) is 3.81. The molecule has 4 nitrogen and oxygen atoms in total. The van der Waals surface area contributed by atoms with E-state index in [1.54, 1.807) is 6.07 Å². The Morgan fingerprint density at radius 1 is 1.18 bits per heavy atom. The summed E-state index contributed by atoms with van der Waals surface area (Å²) in [6.45, 7) is 7.86. The molecule has 0 bridgehead atoms. The zero-order chi connectivity index (χ0) is 16.4. The van der Waals surface area contributed by atoms with Crippen LogP contribution in [0.25, 0.3) is 0 Å². The van der Waals surface area contributed by atoms with E-state index in [-0.39, 0.29) is 5.91 Å². The first-order valence-corrected chi connectivity index (χ1v) is 7.97. The van der Waals surface area contributed by atoms with Crippen molar-refractivity contribution in [2.24, 2.45) is 5.73 Å². The molecule has 0 aliphatic rings. The van der Waals surface area contributed by atoms with Crippen molar-refractivity contribution in [3.05, 3.63) is 50.9 Å². The number of aryl methyl sites for hydroxylation is 3. The van der Waals surface area contributed by atoms with Crippen LogP contribution in [-0.2, 0) is 6.42 Å². The van der Waals surface area contributed by atoms with Crippen LogP contribution in [0.15, 0.2) is 18.2 Å². The van der Waals surface area contributed by atoms with Crippen LogP contribution < -0.4 is 11.1 Å². The van der Waals surface area contributed by atoms with Crippen LogP contribution in [0.2, 0.25) is 0 Å². The topological polar surface area (TPSA) is 72.2 Å². The third-order valence-corrected chi connectivity index (χ3v) is 4.87. The van der Waals surface area contributed by atoms with Crippen LogP contribution >= 0.6 is 11.3 Å². The second kappa shape index (κ2) is 6.32. The largest absolute Gasteiger partial charge is 0.365 e. The highest BCUT2D eigenvalue weighted by Gasteiger charge is 2.21. The Labute approximate surface area is 134 Å². The van der Waals surface area contributed by atoms with Crippen molar-refractivity contribution in [3.8, 4) is 0 Å². The first-order chi connectivity index (χ1) is 10.3. The molecule has 0 spiro atoms. The number of hydrogen-bond donors (Lipinski definition) is 2. The Bertz CT molecular complexity index is 747. The summed E-state index contributed by atoms with van der Waals surface area (Å²) in [4.78, 5) is 25.1. The molecule has 0 aliphatic carbocycles. The number of primary amides is 1. The van der Waals surface area contributed by atoms with Gasteiger partial charge in [-0.25, -0.2) is 0 Å². The fourth-order valence-corrected chi connectivity index (χ4v) is 3.56. The molecule has 0 fully saturated rings. The normalized spacial score (nSPS) is 10.5. The molecule has 3 N–H and O–H groups in total. The number of anilines is 1. The van der Waals surface area contributed by atoms with Gasteiger partial charge in [-0.3, -0.25) is 9.59 Å². The molecule has 0 saturated heterocycles. The maximum absolute atomic E-state index is 12.4. The molecule has 0 unspecified atom stereocenters. The number of carbonyl (C=O) groups is 2. The summed E-state index contributed by atoms with van der Waals surface area (Å²) in [5, 5.41) is 3.36. The van der Waals surface area contributed by atoms with Crippen LogP contribution in [0, 0.1) is 20.8 Å². The Balaban J connectivity index is 2.36. The fourth-order valence-electron chi connectivity index (χ4n) is 2.41. The van der Waals surface area contributed by atoms with E-state index in [0.29, 0.717) is 22.5 Å². The smallest absolute Gasteiger partial charge is 0.256 e. The van der Waals surface area contributed by atoms with E-state index in [1.807, 2.05) is 39.8 Å². The van der Waals surface area contributed by atoms with E-state index in [4.69, 9.17) is 5.73 Å². The minimum Gasteiger partial charge on any atom is -0.365 e. The second-order valence-electron chi connectivity index (χ2n) is 5.31. The number of benzene rings is 1. The van der Waals surface area contributed by atoms with Gasteiger partial charge in [-0.15, -0.1) is 11.3 Å². The van der Waals surface area contributed by atoms with Gasteiger partial charge in [0.1, 0.15) is 5.00 Å². The molecule has 1 heterocycles. The lowest BCUT2D eigenvalue weighted by Gasteiger charge is -2.07. The Hall–Kier alpha value is -2.14. The number of amides is 2. The Morgan fingerprint density at radius 2 is 1.86 bits per heavy atom. The van der Waals surface area contributed by atoms with Gasteiger partial charge in [0.25, 0.3) is 11.8 Å². The molecule has 116 valence electrons. The van der Waals surface area contributed by atoms with Gasteiger partial charge in [-0.05, 0) is 56.0 Å². The lowest BCUT2D eigenvalue weighted by Crippen LogP contribution is -2.18. The van der Waals surface area contributed by atoms with E-state index in [9.17, 15) is 9.59 Å². The van der Waals surface area contributed by atoms with E-state index in [1.165, 1.54) is 11.3 Å². The molecule has 1 aromatic carbocycles. The van der Waals surface area contributed by atoms with Crippen LogP contribution in [-0.4, -0.2) is 11.8 Å². The van der Waals surface area contributed by atoms with Gasteiger partial charge < -0.3 is 11.1 Å². The van der Waals surface area contributed by atoms with Crippen molar-refractivity contribution in [1.29, 1.82) is 0 Å². The molecule has 0 atom stereocenters. The van der Waals surface area contributed by atoms with Crippen LogP contribution in [0.4, 0.5) is 5.00 Å². The molecule has 22 heavy (non-hydrogen) atoms. The maximum Gasteiger partial charge on any atom is 0.256 e. The third kappa shape index (κ3) is 3.04. The molecule has 2 rings (SSSR count). The monoisotopic (exact) mass is 316 g/mol. The summed E-state index contributed by atoms with van der Waals surface area (Å²) >= 11 is 1.39. The summed E-state index contributed by atoms with van der Waals surface area (Å²) in [5.41, 5.74) is 9.58. The lowest BCUT2D eigenvalue weighted by molar-refractivity contribution is 0.100. The number of rotatable bonds is 4. The number of nitrogens with one attached hydrogen (secondary N) is 1. The van der Waals surface area contributed by atoms with Crippen LogP contribution in [0.5, 0.6) is 0 Å². The minimum atomic E-state index is -0.503. The van der Waals surface area contributed by atoms with E-state index >= 15 is 0 Å². The van der Waals surface area contributed by atoms with Gasteiger partial charge in [0, 0.05) is 10.4 Å². The highest BCUT2D eigenvalue weighted by molar-refractivity contribution is 7.16. The maximum atomic E-state index is 12.4. The summed E-state index contributed by atoms with van der Waals surface area (Å²) in [6.07, 6.45) is 0.708. The average Bonchev–Trinajstić information content (AvgIpc) is 2.77. The van der Waals surface area contributed by atoms with Crippen molar-refractivity contribution >= 4 is 28.2 Å². The SMILES string of the molecule is CCc1c(C)sc(NC(=O)c2ccc(C)c(C)c2)c1C(N)=O. The molecule has 2 aromatic rings. The summed E-state index contributed by atoms with van der Waals surface area (Å²) in [6, 6.07) is 5.54. The lowest BCUT2D eigenvalue weighted by atomic mass is 10.1. The molecule has 1 aromatic heterocycles. The molecule has 5 heteroatoms. The first-order valence-electron chi connectivity index (χ1n) is 7.15. The van der Waals surface area contributed by atoms with Gasteiger partial charge in [0.05, 0.1) is 5.56 Å². The molecular formula is C17H20N2O2S. The quantitative estimate of drug-likeness (QED) is 0.905. The van der Waals surface area contributed by atoms with E-state index in [2.05, 4.69) is 5.32 Å². The Kier molecular flexibility index (Phi) is 4.66. The average molecular weight is 316 g/mol. The number of hydrogen-bond acceptors (Lipinski definition) is 3. The highest BCUT2D eigenvalue weighted by Crippen LogP contribution is 2.33. The van der Waals surface area contributed by atoms with Crippen LogP contribution in [0.3, 0.4) is 0 Å². The first kappa shape index (κ1) is 16.2. The van der Waals surface area contributed by atoms with Crippen molar-refractivity contribution in [1.82, 2.24) is 0 Å². The van der Waals surface area contributed by atoms with Crippen molar-refractivity contribution in [3.63, 3.8) is 0 Å². The second-order valence-corrected chi connectivity index (χ2v) is 6.54. The highest BCUT2D eigenvalue weighted by atomic mass is 32.1. The molecule has 0 aliphatic heterocycles. The fraction of sp³-hybridized carbons (Fsp3) is 0.294. The van der Waals surface area contributed by atoms with Crippen LogP contribution in [0.1, 0.15) is 49.2 Å². The van der Waals surface area contributed by atoms with Gasteiger partial charge in [0.15, 0.2) is 0 Å². The van der Waals surface area contributed by atoms with E-state index in [0.717, 1.165) is 21.6 Å². The summed E-state index contributed by atoms with van der Waals surface area (Å²) in [7, 11) is 0. The van der Waals surface area contributed by atoms with Crippen molar-refractivity contribution in [2.75, 3.05) is 5.32 Å². The van der Waals surface area contributed by atoms with Gasteiger partial charge in [0.2, 0.25) is 0 Å². The zero-order valence-electron chi connectivity index (χ0n) is 13.2. The van der Waals surface area contributed by atoms with Gasteiger partial charge in [-0.2, -0.15) is 0 Å². The number of carbonyl (C=O) groups excluding carboxylic acids is 2. The van der Waals surface area contributed by atoms with Crippen molar-refractivity contribution in [2.45, 2.75) is 34.1 Å². The standard InChI is InChI=1S/C17H20N2O2S/c1-5-13-11(4)22-17(14(13)15(18)20)19-16(21)12-7-6-9(2)10(3)8-12/h6-8H,5H2,1-4H3,(H2,18,20)(H,19,21). The number of nitrogens with two attached hydrogens (primary N) is 1. The van der Waals surface area contributed by atoms with E-state index < -0.39 is 5.91 Å². The predicted octanol–water partition coefficient (Wildman–Crippen LogP) is 3.59. The minimum absolute atomic E-state index is 0.227. The van der Waals surface area contributed by atoms with Crippen molar-refractivity contribution < 1.29 is 9.59 Å². The summed E-state index contributed by atoms with van der Waals surface area (Å²) < 4.78 is 0. The Morgan fingerprint density at radius 3 is 2.41 bits per heavy atom. The zero-order valence-corrected chi connectivity index (χ0v) is 14.1. The predicted molar refractivity (Wildman–Crippen MR) is 90.8 cm³/mol. The number of thiophene rings is 1. The van der Waals surface area contributed by atoms with Gasteiger partial charge >= 0.3 is 0 Å². The molecule has 0 saturated carbocycles. The summed E-state index contributed by atoms with van der Waals surface area (Å²) in [5.74, 6) is -0.730. The molecular weight excluding hydrogens is 296 g/mol. The molecule has 2 amide bonds.